The Kier molecular flexibility index (Phi) is 7.52. The van der Waals surface area contributed by atoms with E-state index in [9.17, 15) is 4.79 Å². The number of nitrogens with two attached hydrogens (primary N) is 1. The molecule has 0 amide bonds. The van der Waals surface area contributed by atoms with Crippen molar-refractivity contribution in [2.45, 2.75) is 65.0 Å². The van der Waals surface area contributed by atoms with E-state index in [4.69, 9.17) is 10.5 Å². The SMILES string of the molecule is CCCC1CCC(CN)C(N(CC(=O)OC)C(C)C)C1. The monoisotopic (exact) mass is 284 g/mol. The number of methoxy groups -OCH3 is 1. The molecule has 3 unspecified atom stereocenters. The summed E-state index contributed by atoms with van der Waals surface area (Å²) in [5, 5.41) is 0. The van der Waals surface area contributed by atoms with Gasteiger partial charge in [-0.1, -0.05) is 26.2 Å². The first-order chi connectivity index (χ1) is 9.53. The predicted octanol–water partition coefficient (Wildman–Crippen LogP) is 2.41. The van der Waals surface area contributed by atoms with Crippen molar-refractivity contribution in [3.05, 3.63) is 0 Å². The summed E-state index contributed by atoms with van der Waals surface area (Å²) in [6, 6.07) is 0.762. The molecule has 1 saturated carbocycles. The molecule has 1 fully saturated rings. The zero-order chi connectivity index (χ0) is 15.1. The summed E-state index contributed by atoms with van der Waals surface area (Å²) in [5.74, 6) is 1.15. The highest BCUT2D eigenvalue weighted by Gasteiger charge is 2.35. The number of hydrogen-bond acceptors (Lipinski definition) is 4. The molecule has 3 atom stereocenters. The lowest BCUT2D eigenvalue weighted by molar-refractivity contribution is -0.144. The molecule has 0 radical (unpaired) electrons. The minimum Gasteiger partial charge on any atom is -0.468 e. The lowest BCUT2D eigenvalue weighted by Gasteiger charge is -2.44. The van der Waals surface area contributed by atoms with Gasteiger partial charge in [-0.05, 0) is 45.1 Å². The van der Waals surface area contributed by atoms with Crippen LogP contribution in [0, 0.1) is 11.8 Å². The minimum atomic E-state index is -0.146. The molecule has 4 nitrogen and oxygen atoms in total. The molecule has 2 N–H and O–H groups in total. The van der Waals surface area contributed by atoms with Crippen LogP contribution in [-0.4, -0.2) is 43.2 Å². The second-order valence-electron chi connectivity index (χ2n) is 6.37. The Bertz CT molecular complexity index is 294. The van der Waals surface area contributed by atoms with Gasteiger partial charge in [0, 0.05) is 12.1 Å². The lowest BCUT2D eigenvalue weighted by Crippen LogP contribution is -2.51. The number of carbonyl (C=O) groups is 1. The molecule has 0 bridgehead atoms. The minimum absolute atomic E-state index is 0.146. The Morgan fingerprint density at radius 1 is 1.40 bits per heavy atom. The average Bonchev–Trinajstić information content (AvgIpc) is 2.44. The van der Waals surface area contributed by atoms with E-state index < -0.39 is 0 Å². The van der Waals surface area contributed by atoms with Gasteiger partial charge in [-0.15, -0.1) is 0 Å². The third kappa shape index (κ3) is 4.74. The normalized spacial score (nSPS) is 27.1. The molecular formula is C16H32N2O2. The fourth-order valence-electron chi connectivity index (χ4n) is 3.54. The van der Waals surface area contributed by atoms with Crippen LogP contribution in [0.5, 0.6) is 0 Å². The Labute approximate surface area is 124 Å². The Balaban J connectivity index is 2.79. The summed E-state index contributed by atoms with van der Waals surface area (Å²) in [6.07, 6.45) is 6.18. The maximum atomic E-state index is 11.7. The van der Waals surface area contributed by atoms with Gasteiger partial charge in [0.2, 0.25) is 0 Å². The average molecular weight is 284 g/mol. The number of carbonyl (C=O) groups excluding carboxylic acids is 1. The van der Waals surface area contributed by atoms with E-state index in [-0.39, 0.29) is 5.97 Å². The van der Waals surface area contributed by atoms with E-state index in [1.165, 1.54) is 39.2 Å². The van der Waals surface area contributed by atoms with Gasteiger partial charge in [0.1, 0.15) is 0 Å². The summed E-state index contributed by atoms with van der Waals surface area (Å²) in [7, 11) is 1.46. The molecule has 0 aromatic rings. The molecule has 118 valence electrons. The highest BCUT2D eigenvalue weighted by molar-refractivity contribution is 5.71. The molecule has 0 spiro atoms. The topological polar surface area (TPSA) is 55.6 Å². The van der Waals surface area contributed by atoms with Gasteiger partial charge in [0.15, 0.2) is 0 Å². The first kappa shape index (κ1) is 17.4. The molecule has 0 heterocycles. The highest BCUT2D eigenvalue weighted by Crippen LogP contribution is 2.35. The van der Waals surface area contributed by atoms with Crippen LogP contribution in [0.3, 0.4) is 0 Å². The summed E-state index contributed by atoms with van der Waals surface area (Å²) in [4.78, 5) is 14.0. The van der Waals surface area contributed by atoms with E-state index in [0.29, 0.717) is 31.1 Å². The standard InChI is InChI=1S/C16H32N2O2/c1-5-6-13-7-8-14(10-17)15(9-13)18(12(2)3)11-16(19)20-4/h12-15H,5-11,17H2,1-4H3. The largest absolute Gasteiger partial charge is 0.468 e. The van der Waals surface area contributed by atoms with Crippen LogP contribution < -0.4 is 5.73 Å². The first-order valence-corrected chi connectivity index (χ1v) is 8.06. The van der Waals surface area contributed by atoms with Gasteiger partial charge < -0.3 is 10.5 Å². The van der Waals surface area contributed by atoms with Crippen molar-refractivity contribution in [3.63, 3.8) is 0 Å². The fraction of sp³-hybridized carbons (Fsp3) is 0.938. The Morgan fingerprint density at radius 3 is 2.60 bits per heavy atom. The zero-order valence-electron chi connectivity index (χ0n) is 13.6. The molecule has 0 saturated heterocycles. The zero-order valence-corrected chi connectivity index (χ0v) is 13.6. The molecule has 20 heavy (non-hydrogen) atoms. The van der Waals surface area contributed by atoms with Crippen LogP contribution in [0.2, 0.25) is 0 Å². The third-order valence-electron chi connectivity index (χ3n) is 4.69. The van der Waals surface area contributed by atoms with Crippen molar-refractivity contribution in [2.24, 2.45) is 17.6 Å². The van der Waals surface area contributed by atoms with Crippen molar-refractivity contribution < 1.29 is 9.53 Å². The van der Waals surface area contributed by atoms with Crippen molar-refractivity contribution in [1.29, 1.82) is 0 Å². The maximum Gasteiger partial charge on any atom is 0.319 e. The van der Waals surface area contributed by atoms with Crippen molar-refractivity contribution >= 4 is 5.97 Å². The first-order valence-electron chi connectivity index (χ1n) is 8.06. The predicted molar refractivity (Wildman–Crippen MR) is 82.4 cm³/mol. The Hall–Kier alpha value is -0.610. The van der Waals surface area contributed by atoms with Crippen LogP contribution >= 0.6 is 0 Å². The van der Waals surface area contributed by atoms with Gasteiger partial charge in [-0.25, -0.2) is 0 Å². The second-order valence-corrected chi connectivity index (χ2v) is 6.37. The van der Waals surface area contributed by atoms with E-state index >= 15 is 0 Å². The van der Waals surface area contributed by atoms with Crippen LogP contribution in [0.15, 0.2) is 0 Å². The molecule has 0 aliphatic heterocycles. The molecule has 4 heteroatoms. The fourth-order valence-corrected chi connectivity index (χ4v) is 3.54. The van der Waals surface area contributed by atoms with Gasteiger partial charge in [-0.3, -0.25) is 9.69 Å². The summed E-state index contributed by atoms with van der Waals surface area (Å²) < 4.78 is 4.85. The lowest BCUT2D eigenvalue weighted by atomic mass is 9.75. The van der Waals surface area contributed by atoms with Crippen molar-refractivity contribution in [3.8, 4) is 0 Å². The number of rotatable bonds is 7. The Morgan fingerprint density at radius 2 is 2.10 bits per heavy atom. The number of hydrogen-bond donors (Lipinski definition) is 1. The van der Waals surface area contributed by atoms with Gasteiger partial charge in [0.05, 0.1) is 13.7 Å². The molecular weight excluding hydrogens is 252 g/mol. The van der Waals surface area contributed by atoms with Crippen LogP contribution in [0.1, 0.15) is 52.9 Å². The van der Waals surface area contributed by atoms with Gasteiger partial charge in [0.25, 0.3) is 0 Å². The molecule has 0 aromatic carbocycles. The van der Waals surface area contributed by atoms with Gasteiger partial charge >= 0.3 is 5.97 Å². The van der Waals surface area contributed by atoms with E-state index in [2.05, 4.69) is 25.7 Å². The maximum absolute atomic E-state index is 11.7. The second kappa shape index (κ2) is 8.63. The summed E-state index contributed by atoms with van der Waals surface area (Å²) in [5.41, 5.74) is 5.97. The smallest absolute Gasteiger partial charge is 0.319 e. The third-order valence-corrected chi connectivity index (χ3v) is 4.69. The van der Waals surface area contributed by atoms with E-state index in [1.54, 1.807) is 0 Å². The van der Waals surface area contributed by atoms with Crippen molar-refractivity contribution in [2.75, 3.05) is 20.2 Å². The number of esters is 1. The quantitative estimate of drug-likeness (QED) is 0.729. The number of nitrogens with zero attached hydrogens (tertiary/aromatic N) is 1. The summed E-state index contributed by atoms with van der Waals surface area (Å²) in [6.45, 7) is 7.65. The molecule has 0 aromatic heterocycles. The molecule has 1 rings (SSSR count). The number of ether oxygens (including phenoxy) is 1. The van der Waals surface area contributed by atoms with Crippen LogP contribution in [-0.2, 0) is 9.53 Å². The van der Waals surface area contributed by atoms with Crippen LogP contribution in [0.4, 0.5) is 0 Å². The molecule has 1 aliphatic carbocycles. The highest BCUT2D eigenvalue weighted by atomic mass is 16.5. The van der Waals surface area contributed by atoms with Crippen LogP contribution in [0.25, 0.3) is 0 Å². The van der Waals surface area contributed by atoms with E-state index in [0.717, 1.165) is 5.92 Å². The van der Waals surface area contributed by atoms with Gasteiger partial charge in [-0.2, -0.15) is 0 Å². The summed E-state index contributed by atoms with van der Waals surface area (Å²) >= 11 is 0. The van der Waals surface area contributed by atoms with E-state index in [1.807, 2.05) is 0 Å². The molecule has 1 aliphatic rings. The van der Waals surface area contributed by atoms with Crippen molar-refractivity contribution in [1.82, 2.24) is 4.90 Å².